The Labute approximate surface area is 193 Å². The molecule has 1 fully saturated rings. The van der Waals surface area contributed by atoms with Crippen molar-refractivity contribution in [3.05, 3.63) is 58.5 Å². The van der Waals surface area contributed by atoms with Crippen LogP contribution in [0.5, 0.6) is 0 Å². The lowest BCUT2D eigenvalue weighted by Gasteiger charge is -2.34. The molecule has 0 radical (unpaired) electrons. The van der Waals surface area contributed by atoms with Crippen molar-refractivity contribution in [2.75, 3.05) is 18.0 Å². The molecule has 1 aliphatic heterocycles. The molecular weight excluding hydrogens is 452 g/mol. The molecule has 7 nitrogen and oxygen atoms in total. The summed E-state index contributed by atoms with van der Waals surface area (Å²) in [7, 11) is 1.84. The lowest BCUT2D eigenvalue weighted by molar-refractivity contribution is -0.138. The van der Waals surface area contributed by atoms with Gasteiger partial charge in [0.1, 0.15) is 11.5 Å². The van der Waals surface area contributed by atoms with Crippen molar-refractivity contribution in [3.8, 4) is 11.4 Å². The van der Waals surface area contributed by atoms with Gasteiger partial charge in [0, 0.05) is 32.4 Å². The Hall–Kier alpha value is -3.50. The summed E-state index contributed by atoms with van der Waals surface area (Å²) in [6.45, 7) is 5.06. The molecule has 180 valence electrons. The van der Waals surface area contributed by atoms with Crippen LogP contribution in [0.25, 0.3) is 11.4 Å². The number of halogens is 4. The second-order valence-corrected chi connectivity index (χ2v) is 8.38. The SMILES string of the molecule is Cc1c(-c2ccnn2C)nnc(N2CCC(NC(=O)c3ccc(F)cc3C(F)(F)F)CC2)c1C. The van der Waals surface area contributed by atoms with E-state index in [-0.39, 0.29) is 6.04 Å². The van der Waals surface area contributed by atoms with Gasteiger partial charge in [-0.25, -0.2) is 4.39 Å². The molecule has 1 saturated heterocycles. The summed E-state index contributed by atoms with van der Waals surface area (Å²) in [5.74, 6) is -1.16. The lowest BCUT2D eigenvalue weighted by atomic mass is 10.0. The molecule has 0 unspecified atom stereocenters. The van der Waals surface area contributed by atoms with E-state index in [0.29, 0.717) is 32.0 Å². The summed E-state index contributed by atoms with van der Waals surface area (Å²) < 4.78 is 54.8. The van der Waals surface area contributed by atoms with Crippen molar-refractivity contribution in [3.63, 3.8) is 0 Å². The first-order valence-electron chi connectivity index (χ1n) is 10.8. The maximum absolute atomic E-state index is 13.3. The minimum Gasteiger partial charge on any atom is -0.355 e. The second kappa shape index (κ2) is 9.03. The van der Waals surface area contributed by atoms with Gasteiger partial charge < -0.3 is 10.2 Å². The molecule has 0 spiro atoms. The highest BCUT2D eigenvalue weighted by molar-refractivity contribution is 5.96. The number of nitrogens with one attached hydrogen (secondary N) is 1. The maximum atomic E-state index is 13.3. The molecule has 0 bridgehead atoms. The molecule has 34 heavy (non-hydrogen) atoms. The van der Waals surface area contributed by atoms with Crippen molar-refractivity contribution >= 4 is 11.7 Å². The van der Waals surface area contributed by atoms with Crippen molar-refractivity contribution in [1.82, 2.24) is 25.3 Å². The van der Waals surface area contributed by atoms with Crippen LogP contribution in [-0.4, -0.2) is 45.0 Å². The smallest absolute Gasteiger partial charge is 0.355 e. The first-order chi connectivity index (χ1) is 16.1. The van der Waals surface area contributed by atoms with Gasteiger partial charge in [-0.3, -0.25) is 9.48 Å². The Morgan fingerprint density at radius 3 is 2.41 bits per heavy atom. The van der Waals surface area contributed by atoms with Gasteiger partial charge in [-0.05, 0) is 62.1 Å². The number of alkyl halides is 3. The van der Waals surface area contributed by atoms with E-state index in [1.165, 1.54) is 0 Å². The summed E-state index contributed by atoms with van der Waals surface area (Å²) in [5.41, 5.74) is 1.72. The second-order valence-electron chi connectivity index (χ2n) is 8.38. The van der Waals surface area contributed by atoms with Crippen LogP contribution in [0.4, 0.5) is 23.4 Å². The van der Waals surface area contributed by atoms with E-state index in [4.69, 9.17) is 0 Å². The third-order valence-corrected chi connectivity index (χ3v) is 6.22. The molecule has 1 aliphatic rings. The number of aromatic nitrogens is 4. The van der Waals surface area contributed by atoms with Crippen LogP contribution in [0, 0.1) is 19.7 Å². The van der Waals surface area contributed by atoms with Gasteiger partial charge in [-0.1, -0.05) is 0 Å². The zero-order valence-corrected chi connectivity index (χ0v) is 18.9. The standard InChI is InChI=1S/C23H24F4N6O/c1-13-14(2)21(31-30-20(13)19-6-9-28-32(19)3)33-10-7-16(8-11-33)29-22(34)17-5-4-15(24)12-18(17)23(25,26)27/h4-6,9,12,16H,7-8,10-11H2,1-3H3,(H,29,34). The number of aryl methyl sites for hydroxylation is 1. The molecule has 3 aromatic rings. The fourth-order valence-electron chi connectivity index (χ4n) is 4.19. The van der Waals surface area contributed by atoms with Crippen molar-refractivity contribution in [2.45, 2.75) is 38.9 Å². The van der Waals surface area contributed by atoms with E-state index < -0.39 is 29.0 Å². The molecule has 0 aliphatic carbocycles. The molecule has 2 aromatic heterocycles. The van der Waals surface area contributed by atoms with Gasteiger partial charge in [-0.2, -0.15) is 18.3 Å². The van der Waals surface area contributed by atoms with E-state index >= 15 is 0 Å². The highest BCUT2D eigenvalue weighted by atomic mass is 19.4. The molecule has 11 heteroatoms. The normalized spacial score (nSPS) is 15.0. The highest BCUT2D eigenvalue weighted by Gasteiger charge is 2.36. The lowest BCUT2D eigenvalue weighted by Crippen LogP contribution is -2.45. The Balaban J connectivity index is 1.44. The largest absolute Gasteiger partial charge is 0.417 e. The predicted octanol–water partition coefficient (Wildman–Crippen LogP) is 4.05. The zero-order valence-electron chi connectivity index (χ0n) is 18.9. The number of benzene rings is 1. The first kappa shape index (κ1) is 23.7. The number of rotatable bonds is 4. The Morgan fingerprint density at radius 2 is 1.79 bits per heavy atom. The van der Waals surface area contributed by atoms with Gasteiger partial charge in [0.25, 0.3) is 5.91 Å². The Kier molecular flexibility index (Phi) is 6.28. The number of hydrogen-bond donors (Lipinski definition) is 1. The molecule has 0 atom stereocenters. The fraction of sp³-hybridized carbons (Fsp3) is 0.391. The van der Waals surface area contributed by atoms with E-state index in [9.17, 15) is 22.4 Å². The number of amides is 1. The monoisotopic (exact) mass is 476 g/mol. The van der Waals surface area contributed by atoms with Gasteiger partial charge in [0.05, 0.1) is 16.8 Å². The van der Waals surface area contributed by atoms with Crippen molar-refractivity contribution in [2.24, 2.45) is 7.05 Å². The van der Waals surface area contributed by atoms with Crippen LogP contribution in [-0.2, 0) is 13.2 Å². The average molecular weight is 476 g/mol. The molecule has 4 rings (SSSR count). The summed E-state index contributed by atoms with van der Waals surface area (Å²) in [6, 6.07) is 3.63. The number of carbonyl (C=O) groups excluding carboxylic acids is 1. The molecule has 1 amide bonds. The quantitative estimate of drug-likeness (QED) is 0.575. The average Bonchev–Trinajstić information content (AvgIpc) is 3.21. The Morgan fingerprint density at radius 1 is 1.09 bits per heavy atom. The zero-order chi connectivity index (χ0) is 24.6. The Bertz CT molecular complexity index is 1210. The van der Waals surface area contributed by atoms with Crippen molar-refractivity contribution in [1.29, 1.82) is 0 Å². The number of carbonyl (C=O) groups is 1. The minimum absolute atomic E-state index is 0.307. The number of hydrogen-bond acceptors (Lipinski definition) is 5. The van der Waals surface area contributed by atoms with Gasteiger partial charge in [0.15, 0.2) is 5.82 Å². The van der Waals surface area contributed by atoms with Crippen LogP contribution in [0.2, 0.25) is 0 Å². The topological polar surface area (TPSA) is 75.9 Å². The highest BCUT2D eigenvalue weighted by Crippen LogP contribution is 2.33. The maximum Gasteiger partial charge on any atom is 0.417 e. The van der Waals surface area contributed by atoms with Crippen LogP contribution >= 0.6 is 0 Å². The van der Waals surface area contributed by atoms with Crippen LogP contribution < -0.4 is 10.2 Å². The summed E-state index contributed by atoms with van der Waals surface area (Å²) in [6.07, 6.45) is -2.08. The van der Waals surface area contributed by atoms with Crippen LogP contribution in [0.15, 0.2) is 30.5 Å². The summed E-state index contributed by atoms with van der Waals surface area (Å²) in [5, 5.41) is 15.7. The predicted molar refractivity (Wildman–Crippen MR) is 118 cm³/mol. The number of anilines is 1. The van der Waals surface area contributed by atoms with Gasteiger partial charge >= 0.3 is 6.18 Å². The van der Waals surface area contributed by atoms with E-state index in [1.54, 1.807) is 10.9 Å². The fourth-order valence-corrected chi connectivity index (χ4v) is 4.19. The third kappa shape index (κ3) is 4.59. The van der Waals surface area contributed by atoms with Crippen molar-refractivity contribution < 1.29 is 22.4 Å². The molecule has 3 heterocycles. The van der Waals surface area contributed by atoms with E-state index in [1.807, 2.05) is 27.0 Å². The van der Waals surface area contributed by atoms with Gasteiger partial charge in [0.2, 0.25) is 0 Å². The third-order valence-electron chi connectivity index (χ3n) is 6.22. The van der Waals surface area contributed by atoms with Crippen LogP contribution in [0.1, 0.15) is 39.9 Å². The molecule has 0 saturated carbocycles. The molecule has 1 aromatic carbocycles. The van der Waals surface area contributed by atoms with E-state index in [0.717, 1.165) is 40.5 Å². The van der Waals surface area contributed by atoms with Gasteiger partial charge in [-0.15, -0.1) is 10.2 Å². The van der Waals surface area contributed by atoms with Crippen LogP contribution in [0.3, 0.4) is 0 Å². The summed E-state index contributed by atoms with van der Waals surface area (Å²) in [4.78, 5) is 14.6. The number of piperidine rings is 1. The number of nitrogens with zero attached hydrogens (tertiary/aromatic N) is 5. The minimum atomic E-state index is -4.83. The van der Waals surface area contributed by atoms with E-state index in [2.05, 4.69) is 25.5 Å². The summed E-state index contributed by atoms with van der Waals surface area (Å²) >= 11 is 0. The molecule has 1 N–H and O–H groups in total. The molecular formula is C23H24F4N6O. The first-order valence-corrected chi connectivity index (χ1v) is 10.8.